The SMILES string of the molecule is O=C(Oc1ccc(C2(c3ccc(OC(=O)c4ccc(C(=O)O)c(C(=O)O)c4)cc3)c3ccccc3-c3ccccc32)cc1)c1ccc(C(=O)O)c(C(=O)O)c1. The first-order valence-electron chi connectivity index (χ1n) is 16.5. The molecule has 0 fully saturated rings. The van der Waals surface area contributed by atoms with E-state index in [1.807, 2.05) is 48.5 Å². The summed E-state index contributed by atoms with van der Waals surface area (Å²) in [5, 5.41) is 37.6. The minimum atomic E-state index is -1.51. The maximum Gasteiger partial charge on any atom is 0.343 e. The van der Waals surface area contributed by atoms with E-state index in [2.05, 4.69) is 0 Å². The molecule has 0 saturated carbocycles. The van der Waals surface area contributed by atoms with Crippen molar-refractivity contribution in [2.75, 3.05) is 0 Å². The molecule has 4 N–H and O–H groups in total. The number of rotatable bonds is 10. The first kappa shape index (κ1) is 35.5. The van der Waals surface area contributed by atoms with Gasteiger partial charge in [-0.2, -0.15) is 0 Å². The lowest BCUT2D eigenvalue weighted by Gasteiger charge is -2.34. The molecule has 12 nitrogen and oxygen atoms in total. The molecule has 0 radical (unpaired) electrons. The smallest absolute Gasteiger partial charge is 0.343 e. The van der Waals surface area contributed by atoms with Crippen molar-refractivity contribution in [3.63, 3.8) is 0 Å². The van der Waals surface area contributed by atoms with E-state index < -0.39 is 63.5 Å². The molecule has 0 atom stereocenters. The fourth-order valence-corrected chi connectivity index (χ4v) is 6.97. The molecule has 0 saturated heterocycles. The fraction of sp³-hybridized carbons (Fsp3) is 0.0233. The zero-order valence-electron chi connectivity index (χ0n) is 28.3. The van der Waals surface area contributed by atoms with Crippen LogP contribution in [-0.4, -0.2) is 56.2 Å². The van der Waals surface area contributed by atoms with Gasteiger partial charge in [0.05, 0.1) is 38.8 Å². The number of carbonyl (C=O) groups excluding carboxylic acids is 2. The second-order valence-electron chi connectivity index (χ2n) is 12.4. The van der Waals surface area contributed by atoms with Crippen molar-refractivity contribution in [2.24, 2.45) is 0 Å². The Morgan fingerprint density at radius 3 is 1.09 bits per heavy atom. The molecular weight excluding hydrogens is 708 g/mol. The molecule has 0 aromatic heterocycles. The Morgan fingerprint density at radius 1 is 0.400 bits per heavy atom. The Labute approximate surface area is 311 Å². The molecular formula is C43H26O12. The lowest BCUT2D eigenvalue weighted by atomic mass is 9.68. The molecule has 0 bridgehead atoms. The Morgan fingerprint density at radius 2 is 0.745 bits per heavy atom. The van der Waals surface area contributed by atoms with Gasteiger partial charge in [0.2, 0.25) is 0 Å². The number of hydrogen-bond acceptors (Lipinski definition) is 8. The summed E-state index contributed by atoms with van der Waals surface area (Å²) in [5.41, 5.74) is 2.18. The van der Waals surface area contributed by atoms with E-state index in [0.29, 0.717) is 0 Å². The summed E-state index contributed by atoms with van der Waals surface area (Å²) in [5.74, 6) is -7.40. The number of ether oxygens (including phenoxy) is 2. The van der Waals surface area contributed by atoms with E-state index in [0.717, 1.165) is 57.6 Å². The molecule has 7 rings (SSSR count). The second-order valence-corrected chi connectivity index (χ2v) is 12.4. The topological polar surface area (TPSA) is 202 Å². The van der Waals surface area contributed by atoms with Crippen LogP contribution in [0.15, 0.2) is 133 Å². The van der Waals surface area contributed by atoms with Crippen molar-refractivity contribution in [3.05, 3.63) is 189 Å². The number of carboxylic acids is 4. The average Bonchev–Trinajstić information content (AvgIpc) is 3.49. The number of benzene rings is 6. The van der Waals surface area contributed by atoms with E-state index in [1.54, 1.807) is 48.5 Å². The molecule has 1 aliphatic rings. The number of fused-ring (bicyclic) bond motifs is 3. The van der Waals surface area contributed by atoms with Crippen LogP contribution >= 0.6 is 0 Å². The lowest BCUT2D eigenvalue weighted by molar-refractivity contribution is 0.0650. The lowest BCUT2D eigenvalue weighted by Crippen LogP contribution is -2.28. The van der Waals surface area contributed by atoms with Crippen molar-refractivity contribution in [1.82, 2.24) is 0 Å². The van der Waals surface area contributed by atoms with E-state index >= 15 is 0 Å². The normalized spacial score (nSPS) is 12.1. The molecule has 6 aromatic rings. The van der Waals surface area contributed by atoms with Crippen LogP contribution < -0.4 is 9.47 Å². The van der Waals surface area contributed by atoms with Crippen LogP contribution in [0.25, 0.3) is 11.1 Å². The Bertz CT molecular complexity index is 2410. The minimum absolute atomic E-state index is 0.146. The molecule has 0 amide bonds. The Hall–Kier alpha value is -7.86. The van der Waals surface area contributed by atoms with Crippen LogP contribution in [0.4, 0.5) is 0 Å². The van der Waals surface area contributed by atoms with Gasteiger partial charge in [0, 0.05) is 0 Å². The van der Waals surface area contributed by atoms with Crippen LogP contribution in [0.1, 0.15) is 84.4 Å². The molecule has 6 aromatic carbocycles. The van der Waals surface area contributed by atoms with Crippen molar-refractivity contribution < 1.29 is 58.7 Å². The van der Waals surface area contributed by atoms with Crippen LogP contribution in [0.2, 0.25) is 0 Å². The molecule has 270 valence electrons. The largest absolute Gasteiger partial charge is 0.478 e. The molecule has 0 aliphatic heterocycles. The van der Waals surface area contributed by atoms with Crippen molar-refractivity contribution >= 4 is 35.8 Å². The van der Waals surface area contributed by atoms with Crippen LogP contribution in [0.5, 0.6) is 11.5 Å². The highest BCUT2D eigenvalue weighted by molar-refractivity contribution is 6.05. The first-order valence-corrected chi connectivity index (χ1v) is 16.5. The molecule has 0 unspecified atom stereocenters. The summed E-state index contributed by atoms with van der Waals surface area (Å²) in [6.07, 6.45) is 0. The van der Waals surface area contributed by atoms with Crippen molar-refractivity contribution in [1.29, 1.82) is 0 Å². The summed E-state index contributed by atoms with van der Waals surface area (Å²) in [6.45, 7) is 0. The minimum Gasteiger partial charge on any atom is -0.478 e. The highest BCUT2D eigenvalue weighted by atomic mass is 16.5. The highest BCUT2D eigenvalue weighted by Gasteiger charge is 2.46. The molecule has 12 heteroatoms. The summed E-state index contributed by atoms with van der Waals surface area (Å²) in [7, 11) is 0. The summed E-state index contributed by atoms with van der Waals surface area (Å²) >= 11 is 0. The molecule has 55 heavy (non-hydrogen) atoms. The predicted molar refractivity (Wildman–Crippen MR) is 194 cm³/mol. The zero-order chi connectivity index (χ0) is 39.0. The number of esters is 2. The number of hydrogen-bond donors (Lipinski definition) is 4. The number of carboxylic acid groups (broad SMARTS) is 4. The van der Waals surface area contributed by atoms with Gasteiger partial charge in [-0.05, 0) is 94.0 Å². The third-order valence-electron chi connectivity index (χ3n) is 9.38. The Kier molecular flexibility index (Phi) is 9.00. The van der Waals surface area contributed by atoms with E-state index in [-0.39, 0.29) is 22.6 Å². The van der Waals surface area contributed by atoms with E-state index in [9.17, 15) is 49.2 Å². The highest BCUT2D eigenvalue weighted by Crippen LogP contribution is 2.56. The van der Waals surface area contributed by atoms with Crippen LogP contribution in [-0.2, 0) is 5.41 Å². The van der Waals surface area contributed by atoms with Crippen LogP contribution in [0.3, 0.4) is 0 Å². The van der Waals surface area contributed by atoms with Gasteiger partial charge >= 0.3 is 35.8 Å². The molecule has 0 spiro atoms. The van der Waals surface area contributed by atoms with Gasteiger partial charge < -0.3 is 29.9 Å². The fourth-order valence-electron chi connectivity index (χ4n) is 6.97. The first-order chi connectivity index (χ1) is 26.4. The maximum absolute atomic E-state index is 13.1. The summed E-state index contributed by atoms with van der Waals surface area (Å²) in [6, 6.07) is 35.7. The summed E-state index contributed by atoms with van der Waals surface area (Å²) in [4.78, 5) is 72.4. The Balaban J connectivity index is 1.24. The van der Waals surface area contributed by atoms with Gasteiger partial charge in [-0.3, -0.25) is 0 Å². The second kappa shape index (κ2) is 13.9. The van der Waals surface area contributed by atoms with E-state index in [4.69, 9.17) is 9.47 Å². The predicted octanol–water partition coefficient (Wildman–Crippen LogP) is 7.28. The third kappa shape index (κ3) is 6.23. The van der Waals surface area contributed by atoms with Gasteiger partial charge in [-0.15, -0.1) is 0 Å². The quantitative estimate of drug-likeness (QED) is 0.0809. The monoisotopic (exact) mass is 734 g/mol. The standard InChI is InChI=1S/C43H26O12/c44-37(45)31-19-9-23(21-33(31)39(48)49)41(52)54-27-15-11-25(12-16-27)43(35-7-3-1-5-29(35)30-6-2-4-8-36(30)43)26-13-17-28(18-14-26)55-42(53)24-10-20-32(38(46)47)34(22-24)40(50)51/h1-22H,(H,44,45)(H,46,47)(H,48,49)(H,50,51). The van der Waals surface area contributed by atoms with Gasteiger partial charge in [-0.25, -0.2) is 28.8 Å². The van der Waals surface area contributed by atoms with Crippen molar-refractivity contribution in [3.8, 4) is 22.6 Å². The third-order valence-corrected chi connectivity index (χ3v) is 9.38. The van der Waals surface area contributed by atoms with Crippen molar-refractivity contribution in [2.45, 2.75) is 5.41 Å². The van der Waals surface area contributed by atoms with Gasteiger partial charge in [0.15, 0.2) is 0 Å². The number of carbonyl (C=O) groups is 6. The average molecular weight is 735 g/mol. The molecule has 1 aliphatic carbocycles. The maximum atomic E-state index is 13.1. The van der Waals surface area contributed by atoms with Crippen LogP contribution in [0, 0.1) is 0 Å². The van der Waals surface area contributed by atoms with Gasteiger partial charge in [0.25, 0.3) is 0 Å². The van der Waals surface area contributed by atoms with Gasteiger partial charge in [-0.1, -0.05) is 72.8 Å². The number of aromatic carboxylic acids is 4. The van der Waals surface area contributed by atoms with E-state index in [1.165, 1.54) is 12.1 Å². The summed E-state index contributed by atoms with van der Waals surface area (Å²) < 4.78 is 11.1. The molecule has 0 heterocycles. The van der Waals surface area contributed by atoms with Gasteiger partial charge in [0.1, 0.15) is 11.5 Å². The zero-order valence-corrected chi connectivity index (χ0v) is 28.3.